The SMILES string of the molecule is C=CC(CCCOCC(=C)C)[Si](OCC)(OCC)OCC. The highest BCUT2D eigenvalue weighted by Gasteiger charge is 2.47. The molecule has 0 saturated carbocycles. The molecule has 0 rings (SSSR count). The number of hydrogen-bond donors (Lipinski definition) is 0. The minimum atomic E-state index is -2.70. The maximum absolute atomic E-state index is 5.93. The summed E-state index contributed by atoms with van der Waals surface area (Å²) in [4.78, 5) is 0. The summed E-state index contributed by atoms with van der Waals surface area (Å²) >= 11 is 0. The molecule has 0 N–H and O–H groups in total. The van der Waals surface area contributed by atoms with Crippen molar-refractivity contribution in [3.63, 3.8) is 0 Å². The van der Waals surface area contributed by atoms with Crippen LogP contribution < -0.4 is 0 Å². The molecule has 5 heteroatoms. The van der Waals surface area contributed by atoms with Crippen molar-refractivity contribution in [1.29, 1.82) is 0 Å². The molecule has 0 aliphatic rings. The van der Waals surface area contributed by atoms with E-state index in [2.05, 4.69) is 13.2 Å². The number of allylic oxidation sites excluding steroid dienone is 1. The Labute approximate surface area is 131 Å². The third-order valence-electron chi connectivity index (χ3n) is 2.93. The zero-order valence-electron chi connectivity index (χ0n) is 14.2. The molecule has 1 unspecified atom stereocenters. The number of ether oxygens (including phenoxy) is 1. The van der Waals surface area contributed by atoms with Crippen LogP contribution in [-0.4, -0.2) is 41.8 Å². The van der Waals surface area contributed by atoms with Gasteiger partial charge in [-0.2, -0.15) is 0 Å². The lowest BCUT2D eigenvalue weighted by Crippen LogP contribution is -2.50. The first-order valence-electron chi connectivity index (χ1n) is 7.82. The Balaban J connectivity index is 4.57. The Hall–Kier alpha value is -0.463. The van der Waals surface area contributed by atoms with Gasteiger partial charge in [-0.3, -0.25) is 0 Å². The van der Waals surface area contributed by atoms with E-state index < -0.39 is 8.80 Å². The molecule has 0 heterocycles. The van der Waals surface area contributed by atoms with Gasteiger partial charge in [0.15, 0.2) is 0 Å². The highest BCUT2D eigenvalue weighted by atomic mass is 28.4. The van der Waals surface area contributed by atoms with Crippen LogP contribution in [0.2, 0.25) is 5.54 Å². The molecule has 0 fully saturated rings. The summed E-state index contributed by atoms with van der Waals surface area (Å²) < 4.78 is 23.3. The lowest BCUT2D eigenvalue weighted by atomic mass is 10.2. The minimum Gasteiger partial charge on any atom is -0.377 e. The van der Waals surface area contributed by atoms with Crippen LogP contribution in [0.4, 0.5) is 0 Å². The number of hydrogen-bond acceptors (Lipinski definition) is 4. The van der Waals surface area contributed by atoms with Crippen LogP contribution in [0.5, 0.6) is 0 Å². The average molecular weight is 317 g/mol. The van der Waals surface area contributed by atoms with Crippen LogP contribution in [0.3, 0.4) is 0 Å². The van der Waals surface area contributed by atoms with Crippen molar-refractivity contribution in [3.8, 4) is 0 Å². The predicted octanol–water partition coefficient (Wildman–Crippen LogP) is 3.96. The molecule has 124 valence electrons. The lowest BCUT2D eigenvalue weighted by molar-refractivity contribution is 0.0629. The van der Waals surface area contributed by atoms with Gasteiger partial charge < -0.3 is 18.0 Å². The van der Waals surface area contributed by atoms with Crippen molar-refractivity contribution < 1.29 is 18.0 Å². The molecular weight excluding hydrogens is 284 g/mol. The molecule has 0 aliphatic carbocycles. The minimum absolute atomic E-state index is 0.103. The van der Waals surface area contributed by atoms with Crippen molar-refractivity contribution in [2.45, 2.75) is 46.1 Å². The quantitative estimate of drug-likeness (QED) is 0.276. The fraction of sp³-hybridized carbons (Fsp3) is 0.750. The number of rotatable bonds is 14. The van der Waals surface area contributed by atoms with E-state index in [0.29, 0.717) is 33.0 Å². The normalized spacial score (nSPS) is 13.1. The van der Waals surface area contributed by atoms with Gasteiger partial charge in [0, 0.05) is 32.0 Å². The second kappa shape index (κ2) is 12.1. The highest BCUT2D eigenvalue weighted by Crippen LogP contribution is 2.31. The molecule has 0 aliphatic heterocycles. The Bertz CT molecular complexity index is 277. The molecule has 0 radical (unpaired) electrons. The summed E-state index contributed by atoms with van der Waals surface area (Å²) in [5.41, 5.74) is 1.14. The molecule has 21 heavy (non-hydrogen) atoms. The van der Waals surface area contributed by atoms with E-state index in [0.717, 1.165) is 18.4 Å². The van der Waals surface area contributed by atoms with Crippen molar-refractivity contribution in [3.05, 3.63) is 24.8 Å². The first-order chi connectivity index (χ1) is 10.1. The zero-order valence-corrected chi connectivity index (χ0v) is 15.2. The zero-order chi connectivity index (χ0) is 16.1. The molecule has 0 saturated heterocycles. The lowest BCUT2D eigenvalue weighted by Gasteiger charge is -2.33. The first-order valence-corrected chi connectivity index (χ1v) is 9.62. The summed E-state index contributed by atoms with van der Waals surface area (Å²) in [7, 11) is -2.70. The van der Waals surface area contributed by atoms with Crippen LogP contribution in [0.25, 0.3) is 0 Å². The van der Waals surface area contributed by atoms with E-state index >= 15 is 0 Å². The largest absolute Gasteiger partial charge is 0.508 e. The van der Waals surface area contributed by atoms with Gasteiger partial charge in [-0.15, -0.1) is 6.58 Å². The topological polar surface area (TPSA) is 36.9 Å². The first kappa shape index (κ1) is 20.5. The molecular formula is C16H32O4Si. The van der Waals surface area contributed by atoms with Gasteiger partial charge in [-0.1, -0.05) is 18.2 Å². The van der Waals surface area contributed by atoms with Crippen molar-refractivity contribution in [2.75, 3.05) is 33.0 Å². The van der Waals surface area contributed by atoms with Crippen molar-refractivity contribution in [1.82, 2.24) is 0 Å². The van der Waals surface area contributed by atoms with Gasteiger partial charge >= 0.3 is 8.80 Å². The van der Waals surface area contributed by atoms with Crippen LogP contribution in [0.1, 0.15) is 40.5 Å². The monoisotopic (exact) mass is 316 g/mol. The molecule has 0 bridgehead atoms. The predicted molar refractivity (Wildman–Crippen MR) is 89.4 cm³/mol. The van der Waals surface area contributed by atoms with E-state index in [9.17, 15) is 0 Å². The Morgan fingerprint density at radius 1 is 1.10 bits per heavy atom. The van der Waals surface area contributed by atoms with Gasteiger partial charge in [0.05, 0.1) is 6.61 Å². The van der Waals surface area contributed by atoms with Gasteiger partial charge in [0.2, 0.25) is 0 Å². The molecule has 0 amide bonds. The molecule has 1 atom stereocenters. The maximum atomic E-state index is 5.93. The Morgan fingerprint density at radius 3 is 2.00 bits per heavy atom. The van der Waals surface area contributed by atoms with E-state index in [1.807, 2.05) is 33.8 Å². The van der Waals surface area contributed by atoms with Gasteiger partial charge in [0.1, 0.15) is 0 Å². The van der Waals surface area contributed by atoms with E-state index in [4.69, 9.17) is 18.0 Å². The van der Waals surface area contributed by atoms with Gasteiger partial charge in [-0.05, 0) is 40.5 Å². The van der Waals surface area contributed by atoms with Crippen molar-refractivity contribution >= 4 is 8.80 Å². The van der Waals surface area contributed by atoms with Crippen LogP contribution >= 0.6 is 0 Å². The second-order valence-electron chi connectivity index (χ2n) is 4.90. The Kier molecular flexibility index (Phi) is 11.9. The maximum Gasteiger partial charge on any atom is 0.508 e. The molecule has 0 aromatic rings. The van der Waals surface area contributed by atoms with Crippen LogP contribution in [-0.2, 0) is 18.0 Å². The molecule has 4 nitrogen and oxygen atoms in total. The summed E-state index contributed by atoms with van der Waals surface area (Å²) in [5, 5.41) is 0. The third kappa shape index (κ3) is 7.92. The molecule has 0 aromatic heterocycles. The van der Waals surface area contributed by atoms with E-state index in [1.54, 1.807) is 0 Å². The summed E-state index contributed by atoms with van der Waals surface area (Å²) in [5.74, 6) is 0. The van der Waals surface area contributed by atoms with Crippen LogP contribution in [0, 0.1) is 0 Å². The summed E-state index contributed by atoms with van der Waals surface area (Å²) in [6, 6.07) is 0. The highest BCUT2D eigenvalue weighted by molar-refractivity contribution is 6.63. The van der Waals surface area contributed by atoms with E-state index in [1.165, 1.54) is 0 Å². The van der Waals surface area contributed by atoms with Gasteiger partial charge in [-0.25, -0.2) is 0 Å². The molecule has 0 spiro atoms. The van der Waals surface area contributed by atoms with Crippen LogP contribution in [0.15, 0.2) is 24.8 Å². The molecule has 0 aromatic carbocycles. The Morgan fingerprint density at radius 2 is 1.62 bits per heavy atom. The second-order valence-corrected chi connectivity index (χ2v) is 7.71. The average Bonchev–Trinajstić information content (AvgIpc) is 2.43. The summed E-state index contributed by atoms with van der Waals surface area (Å²) in [6.07, 6.45) is 3.73. The standard InChI is InChI=1S/C16H32O4Si/c1-7-16(12-11-13-17-14-15(5)6)21(18-8-2,19-9-3)20-10-4/h7,16H,1,5,8-14H2,2-4,6H3. The third-order valence-corrected chi connectivity index (χ3v) is 6.43. The van der Waals surface area contributed by atoms with Gasteiger partial charge in [0.25, 0.3) is 0 Å². The fourth-order valence-electron chi connectivity index (χ4n) is 2.14. The van der Waals surface area contributed by atoms with E-state index in [-0.39, 0.29) is 5.54 Å². The fourth-order valence-corrected chi connectivity index (χ4v) is 5.09. The summed E-state index contributed by atoms with van der Waals surface area (Å²) in [6.45, 7) is 18.7. The smallest absolute Gasteiger partial charge is 0.377 e. The van der Waals surface area contributed by atoms with Crippen molar-refractivity contribution in [2.24, 2.45) is 0 Å².